The molecule has 0 saturated carbocycles. The van der Waals surface area contributed by atoms with Gasteiger partial charge in [-0.2, -0.15) is 12.6 Å². The second kappa shape index (κ2) is 16.1. The highest BCUT2D eigenvalue weighted by Gasteiger charge is 2.31. The number of hydrogen-bond acceptors (Lipinski definition) is 7. The van der Waals surface area contributed by atoms with E-state index in [1.807, 2.05) is 20.8 Å². The zero-order valence-electron chi connectivity index (χ0n) is 20.4. The molecule has 0 aromatic heterocycles. The molecule has 0 aliphatic carbocycles. The van der Waals surface area contributed by atoms with Crippen LogP contribution in [0.3, 0.4) is 0 Å². The molecule has 0 heterocycles. The monoisotopic (exact) mass is 503 g/mol. The number of aliphatic carboxylic acids is 1. The number of nitrogens with zero attached hydrogens (tertiary/aromatic N) is 1. The Morgan fingerprint density at radius 3 is 2.00 bits per heavy atom. The SMILES string of the molecule is CCC(C)C(NC(=O)C(CCCN=C(N)N)NC(=O)C(CS)NC(=O)C(N)CC(C)C)C(=O)O. The van der Waals surface area contributed by atoms with E-state index in [2.05, 4.69) is 33.6 Å². The van der Waals surface area contributed by atoms with E-state index in [9.17, 15) is 24.3 Å². The molecule has 34 heavy (non-hydrogen) atoms. The van der Waals surface area contributed by atoms with E-state index in [0.29, 0.717) is 19.3 Å². The summed E-state index contributed by atoms with van der Waals surface area (Å²) < 4.78 is 0. The minimum Gasteiger partial charge on any atom is -0.480 e. The second-order valence-electron chi connectivity index (χ2n) is 8.70. The molecule has 196 valence electrons. The third kappa shape index (κ3) is 12.1. The average molecular weight is 504 g/mol. The fourth-order valence-electron chi connectivity index (χ4n) is 3.07. The van der Waals surface area contributed by atoms with Crippen molar-refractivity contribution in [2.45, 2.75) is 77.5 Å². The van der Waals surface area contributed by atoms with Gasteiger partial charge in [0.1, 0.15) is 18.1 Å². The van der Waals surface area contributed by atoms with Crippen LogP contribution in [0.4, 0.5) is 0 Å². The molecule has 0 saturated heterocycles. The standard InChI is InChI=1S/C21H41N7O5S/c1-5-12(4)16(20(32)33)28-18(30)14(7-6-8-25-21(23)24)26-19(31)15(10-34)27-17(29)13(22)9-11(2)3/h11-16,34H,5-10,22H2,1-4H3,(H,26,31)(H,27,29)(H,28,30)(H,32,33)(H4,23,24,25). The van der Waals surface area contributed by atoms with E-state index in [4.69, 9.17) is 17.2 Å². The molecular formula is C21H41N7O5S. The summed E-state index contributed by atoms with van der Waals surface area (Å²) >= 11 is 4.13. The third-order valence-corrected chi connectivity index (χ3v) is 5.60. The number of rotatable bonds is 16. The fourth-order valence-corrected chi connectivity index (χ4v) is 3.33. The van der Waals surface area contributed by atoms with Crippen LogP contribution in [0.15, 0.2) is 4.99 Å². The van der Waals surface area contributed by atoms with Crippen LogP contribution in [0.2, 0.25) is 0 Å². The Kier molecular flexibility index (Phi) is 14.9. The summed E-state index contributed by atoms with van der Waals surface area (Å²) in [7, 11) is 0. The topological polar surface area (TPSA) is 215 Å². The lowest BCUT2D eigenvalue weighted by Crippen LogP contribution is -2.58. The van der Waals surface area contributed by atoms with Gasteiger partial charge in [-0.05, 0) is 31.1 Å². The summed E-state index contributed by atoms with van der Waals surface area (Å²) in [6, 6.07) is -4.02. The van der Waals surface area contributed by atoms with E-state index in [1.54, 1.807) is 6.92 Å². The van der Waals surface area contributed by atoms with Crippen molar-refractivity contribution in [1.82, 2.24) is 16.0 Å². The van der Waals surface area contributed by atoms with E-state index in [0.717, 1.165) is 0 Å². The molecule has 0 aliphatic heterocycles. The predicted molar refractivity (Wildman–Crippen MR) is 134 cm³/mol. The van der Waals surface area contributed by atoms with Gasteiger partial charge < -0.3 is 38.3 Å². The number of nitrogens with two attached hydrogens (primary N) is 3. The zero-order valence-corrected chi connectivity index (χ0v) is 21.3. The lowest BCUT2D eigenvalue weighted by atomic mass is 9.98. The summed E-state index contributed by atoms with van der Waals surface area (Å²) in [5.41, 5.74) is 16.5. The van der Waals surface area contributed by atoms with Crippen molar-refractivity contribution in [2.24, 2.45) is 34.0 Å². The van der Waals surface area contributed by atoms with Crippen molar-refractivity contribution in [3.05, 3.63) is 0 Å². The Balaban J connectivity index is 5.44. The zero-order chi connectivity index (χ0) is 26.4. The molecule has 5 unspecified atom stereocenters. The van der Waals surface area contributed by atoms with Gasteiger partial charge in [0.15, 0.2) is 5.96 Å². The van der Waals surface area contributed by atoms with Gasteiger partial charge in [0.05, 0.1) is 6.04 Å². The molecule has 0 fully saturated rings. The third-order valence-electron chi connectivity index (χ3n) is 5.23. The van der Waals surface area contributed by atoms with Crippen LogP contribution < -0.4 is 33.2 Å². The minimum absolute atomic E-state index is 0.0288. The lowest BCUT2D eigenvalue weighted by molar-refractivity contribution is -0.143. The van der Waals surface area contributed by atoms with E-state index in [-0.39, 0.29) is 36.5 Å². The van der Waals surface area contributed by atoms with Crippen LogP contribution >= 0.6 is 12.6 Å². The van der Waals surface area contributed by atoms with Crippen LogP contribution in [0, 0.1) is 11.8 Å². The normalized spacial score (nSPS) is 15.4. The van der Waals surface area contributed by atoms with Crippen LogP contribution in [0.1, 0.15) is 53.4 Å². The highest BCUT2D eigenvalue weighted by molar-refractivity contribution is 7.80. The van der Waals surface area contributed by atoms with Gasteiger partial charge in [0.2, 0.25) is 17.7 Å². The highest BCUT2D eigenvalue weighted by atomic mass is 32.1. The molecular weight excluding hydrogens is 462 g/mol. The maximum atomic E-state index is 12.9. The van der Waals surface area contributed by atoms with Crippen LogP contribution in [-0.4, -0.2) is 71.2 Å². The number of amides is 3. The van der Waals surface area contributed by atoms with Gasteiger partial charge in [-0.25, -0.2) is 4.79 Å². The Morgan fingerprint density at radius 1 is 0.971 bits per heavy atom. The average Bonchev–Trinajstić information content (AvgIpc) is 2.75. The van der Waals surface area contributed by atoms with Gasteiger partial charge in [-0.3, -0.25) is 19.4 Å². The molecule has 10 N–H and O–H groups in total. The van der Waals surface area contributed by atoms with Crippen LogP contribution in [-0.2, 0) is 19.2 Å². The van der Waals surface area contributed by atoms with Crippen LogP contribution in [0.5, 0.6) is 0 Å². The quantitative estimate of drug-likeness (QED) is 0.0560. The predicted octanol–water partition coefficient (Wildman–Crippen LogP) is -1.07. The largest absolute Gasteiger partial charge is 0.480 e. The van der Waals surface area contributed by atoms with Crippen molar-refractivity contribution in [1.29, 1.82) is 0 Å². The first-order valence-electron chi connectivity index (χ1n) is 11.4. The van der Waals surface area contributed by atoms with Gasteiger partial charge >= 0.3 is 5.97 Å². The first-order valence-corrected chi connectivity index (χ1v) is 12.0. The number of guanidine groups is 1. The van der Waals surface area contributed by atoms with Crippen LogP contribution in [0.25, 0.3) is 0 Å². The molecule has 0 aromatic carbocycles. The summed E-state index contributed by atoms with van der Waals surface area (Å²) in [6.45, 7) is 7.58. The van der Waals surface area contributed by atoms with Gasteiger partial charge in [-0.1, -0.05) is 34.1 Å². The molecule has 5 atom stereocenters. The van der Waals surface area contributed by atoms with Crippen molar-refractivity contribution >= 4 is 42.3 Å². The van der Waals surface area contributed by atoms with Gasteiger partial charge in [0, 0.05) is 12.3 Å². The molecule has 0 bridgehead atoms. The summed E-state index contributed by atoms with van der Waals surface area (Å²) in [6.07, 6.45) is 1.45. The number of thiol groups is 1. The maximum Gasteiger partial charge on any atom is 0.326 e. The number of nitrogens with one attached hydrogen (secondary N) is 3. The van der Waals surface area contributed by atoms with E-state index in [1.165, 1.54) is 0 Å². The fraction of sp³-hybridized carbons (Fsp3) is 0.762. The van der Waals surface area contributed by atoms with E-state index >= 15 is 0 Å². The Hall–Kier alpha value is -2.54. The summed E-state index contributed by atoms with van der Waals surface area (Å²) in [4.78, 5) is 53.6. The highest BCUT2D eigenvalue weighted by Crippen LogP contribution is 2.10. The molecule has 0 aromatic rings. The Labute approximate surface area is 206 Å². The Bertz CT molecular complexity index is 716. The second-order valence-corrected chi connectivity index (χ2v) is 9.06. The molecule has 3 amide bonds. The number of carbonyl (C=O) groups excluding carboxylic acids is 3. The maximum absolute atomic E-state index is 12.9. The molecule has 12 nitrogen and oxygen atoms in total. The number of carboxylic acids is 1. The number of hydrogen-bond donors (Lipinski definition) is 8. The number of carboxylic acid groups (broad SMARTS) is 1. The van der Waals surface area contributed by atoms with Crippen molar-refractivity contribution in [2.75, 3.05) is 12.3 Å². The molecule has 0 aliphatic rings. The van der Waals surface area contributed by atoms with Gasteiger partial charge in [0.25, 0.3) is 0 Å². The number of aliphatic imine (C=N–C) groups is 1. The molecule has 0 radical (unpaired) electrons. The first-order chi connectivity index (χ1) is 15.8. The lowest BCUT2D eigenvalue weighted by Gasteiger charge is -2.26. The van der Waals surface area contributed by atoms with Crippen molar-refractivity contribution < 1.29 is 24.3 Å². The minimum atomic E-state index is -1.17. The smallest absolute Gasteiger partial charge is 0.326 e. The van der Waals surface area contributed by atoms with Crippen molar-refractivity contribution in [3.63, 3.8) is 0 Å². The molecule has 13 heteroatoms. The van der Waals surface area contributed by atoms with Crippen molar-refractivity contribution in [3.8, 4) is 0 Å². The summed E-state index contributed by atoms with van der Waals surface area (Å²) in [5.74, 6) is -3.25. The first kappa shape index (κ1) is 31.5. The molecule has 0 spiro atoms. The van der Waals surface area contributed by atoms with E-state index < -0.39 is 47.9 Å². The number of carbonyl (C=O) groups is 4. The molecule has 0 rings (SSSR count). The summed E-state index contributed by atoms with van der Waals surface area (Å²) in [5, 5.41) is 17.1. The van der Waals surface area contributed by atoms with Gasteiger partial charge in [-0.15, -0.1) is 0 Å². The Morgan fingerprint density at radius 2 is 1.53 bits per heavy atom.